The molecule has 1 aromatic carbocycles. The van der Waals surface area contributed by atoms with Crippen molar-refractivity contribution in [2.75, 3.05) is 19.7 Å². The van der Waals surface area contributed by atoms with Crippen LogP contribution in [0.2, 0.25) is 0 Å². The van der Waals surface area contributed by atoms with Gasteiger partial charge in [0.1, 0.15) is 0 Å². The summed E-state index contributed by atoms with van der Waals surface area (Å²) in [5.74, 6) is 0. The van der Waals surface area contributed by atoms with Crippen molar-refractivity contribution in [1.29, 1.82) is 0 Å². The molecule has 0 saturated carbocycles. The molecule has 1 N–H and O–H groups in total. The van der Waals surface area contributed by atoms with Crippen LogP contribution >= 0.6 is 0 Å². The molecule has 3 nitrogen and oxygen atoms in total. The van der Waals surface area contributed by atoms with Crippen LogP contribution in [0.3, 0.4) is 0 Å². The molecule has 3 rings (SSSR count). The van der Waals surface area contributed by atoms with Gasteiger partial charge in [-0.25, -0.2) is 0 Å². The summed E-state index contributed by atoms with van der Waals surface area (Å²) in [5.41, 5.74) is 1.28. The summed E-state index contributed by atoms with van der Waals surface area (Å²) in [6.45, 7) is 11.8. The van der Waals surface area contributed by atoms with E-state index in [1.54, 1.807) is 0 Å². The third-order valence-corrected chi connectivity index (χ3v) is 6.78. The minimum atomic E-state index is -0.522. The summed E-state index contributed by atoms with van der Waals surface area (Å²) in [7, 11) is 0. The van der Waals surface area contributed by atoms with Crippen LogP contribution in [0.15, 0.2) is 30.3 Å². The Balaban J connectivity index is 1.62. The topological polar surface area (TPSA) is 32.7 Å². The number of rotatable bonds is 6. The molecule has 0 spiro atoms. The Labute approximate surface area is 159 Å². The van der Waals surface area contributed by atoms with Gasteiger partial charge in [0.25, 0.3) is 0 Å². The minimum Gasteiger partial charge on any atom is -0.390 e. The fraction of sp³-hybridized carbons (Fsp3) is 0.739. The molecule has 0 aromatic heterocycles. The molecule has 0 amide bonds. The lowest BCUT2D eigenvalue weighted by Gasteiger charge is -2.57. The lowest BCUT2D eigenvalue weighted by Crippen LogP contribution is -2.63. The van der Waals surface area contributed by atoms with E-state index in [1.165, 1.54) is 12.0 Å². The third kappa shape index (κ3) is 4.32. The van der Waals surface area contributed by atoms with Gasteiger partial charge in [0.05, 0.1) is 11.7 Å². The predicted molar refractivity (Wildman–Crippen MR) is 108 cm³/mol. The van der Waals surface area contributed by atoms with E-state index in [2.05, 4.69) is 62.9 Å². The van der Waals surface area contributed by atoms with Gasteiger partial charge in [-0.3, -0.25) is 4.90 Å². The molecule has 1 aromatic rings. The van der Waals surface area contributed by atoms with Crippen molar-refractivity contribution in [2.45, 2.75) is 88.9 Å². The van der Waals surface area contributed by atoms with Crippen LogP contribution in [0.5, 0.6) is 0 Å². The van der Waals surface area contributed by atoms with Crippen molar-refractivity contribution in [3.8, 4) is 0 Å². The maximum Gasteiger partial charge on any atom is 0.0678 e. The Morgan fingerprint density at radius 2 is 1.85 bits per heavy atom. The van der Waals surface area contributed by atoms with Crippen LogP contribution in [0, 0.1) is 0 Å². The second kappa shape index (κ2) is 7.61. The lowest BCUT2D eigenvalue weighted by molar-refractivity contribution is -0.113. The third-order valence-electron chi connectivity index (χ3n) is 6.78. The molecule has 2 aliphatic heterocycles. The minimum absolute atomic E-state index is 0.125. The highest BCUT2D eigenvalue weighted by Crippen LogP contribution is 2.47. The van der Waals surface area contributed by atoms with Crippen molar-refractivity contribution < 1.29 is 9.84 Å². The van der Waals surface area contributed by atoms with Gasteiger partial charge in [-0.2, -0.15) is 0 Å². The van der Waals surface area contributed by atoms with Gasteiger partial charge in [-0.1, -0.05) is 37.3 Å². The van der Waals surface area contributed by atoms with Crippen LogP contribution in [-0.2, 0) is 10.2 Å². The average Bonchev–Trinajstić information content (AvgIpc) is 2.60. The normalized spacial score (nSPS) is 35.5. The second-order valence-electron chi connectivity index (χ2n) is 9.52. The van der Waals surface area contributed by atoms with Crippen molar-refractivity contribution in [3.63, 3.8) is 0 Å². The Morgan fingerprint density at radius 1 is 1.12 bits per heavy atom. The second-order valence-corrected chi connectivity index (χ2v) is 9.52. The summed E-state index contributed by atoms with van der Waals surface area (Å²) in [5, 5.41) is 11.2. The highest BCUT2D eigenvalue weighted by molar-refractivity contribution is 5.27. The fourth-order valence-corrected chi connectivity index (χ4v) is 5.09. The van der Waals surface area contributed by atoms with Gasteiger partial charge in [0.2, 0.25) is 0 Å². The highest BCUT2D eigenvalue weighted by Gasteiger charge is 2.50. The van der Waals surface area contributed by atoms with Gasteiger partial charge in [-0.05, 0) is 64.9 Å². The molecule has 2 heterocycles. The van der Waals surface area contributed by atoms with E-state index >= 15 is 0 Å². The largest absolute Gasteiger partial charge is 0.390 e. The Kier molecular flexibility index (Phi) is 5.81. The Bertz CT molecular complexity index is 589. The molecule has 0 bridgehead atoms. The zero-order chi connectivity index (χ0) is 18.8. The average molecular weight is 360 g/mol. The monoisotopic (exact) mass is 359 g/mol. The molecule has 2 fully saturated rings. The maximum absolute atomic E-state index is 11.2. The van der Waals surface area contributed by atoms with E-state index in [-0.39, 0.29) is 17.1 Å². The Morgan fingerprint density at radius 3 is 2.54 bits per heavy atom. The number of nitrogens with zero attached hydrogens (tertiary/aromatic N) is 1. The molecule has 3 heteroatoms. The molecule has 2 aliphatic rings. The first kappa shape index (κ1) is 19.9. The molecule has 0 radical (unpaired) electrons. The van der Waals surface area contributed by atoms with E-state index in [0.717, 1.165) is 51.8 Å². The summed E-state index contributed by atoms with van der Waals surface area (Å²) in [4.78, 5) is 2.66. The van der Waals surface area contributed by atoms with E-state index in [0.29, 0.717) is 0 Å². The number of hydrogen-bond acceptors (Lipinski definition) is 3. The number of piperidine rings is 2. The molecule has 26 heavy (non-hydrogen) atoms. The highest BCUT2D eigenvalue weighted by atomic mass is 16.5. The van der Waals surface area contributed by atoms with E-state index < -0.39 is 5.60 Å². The first-order chi connectivity index (χ1) is 12.2. The van der Waals surface area contributed by atoms with E-state index in [1.807, 2.05) is 0 Å². The zero-order valence-electron chi connectivity index (χ0n) is 17.1. The summed E-state index contributed by atoms with van der Waals surface area (Å²) >= 11 is 0. The number of benzene rings is 1. The molecular weight excluding hydrogens is 322 g/mol. The molecule has 146 valence electrons. The van der Waals surface area contributed by atoms with Gasteiger partial charge in [-0.15, -0.1) is 0 Å². The van der Waals surface area contributed by atoms with Crippen LogP contribution in [-0.4, -0.2) is 46.9 Å². The number of aliphatic hydroxyl groups is 1. The van der Waals surface area contributed by atoms with Gasteiger partial charge in [0.15, 0.2) is 0 Å². The fourth-order valence-electron chi connectivity index (χ4n) is 5.09. The van der Waals surface area contributed by atoms with Crippen LogP contribution in [0.4, 0.5) is 0 Å². The quantitative estimate of drug-likeness (QED) is 0.758. The first-order valence-electron chi connectivity index (χ1n) is 10.4. The molecule has 0 aliphatic carbocycles. The van der Waals surface area contributed by atoms with Crippen molar-refractivity contribution in [3.05, 3.63) is 35.9 Å². The number of ether oxygens (including phenoxy) is 1. The zero-order valence-corrected chi connectivity index (χ0v) is 17.1. The number of hydrogen-bond donors (Lipinski definition) is 1. The van der Waals surface area contributed by atoms with Crippen LogP contribution < -0.4 is 0 Å². The first-order valence-corrected chi connectivity index (χ1v) is 10.4. The van der Waals surface area contributed by atoms with Crippen molar-refractivity contribution in [2.24, 2.45) is 0 Å². The summed E-state index contributed by atoms with van der Waals surface area (Å²) in [6.07, 6.45) is 6.21. The van der Waals surface area contributed by atoms with Crippen molar-refractivity contribution >= 4 is 0 Å². The summed E-state index contributed by atoms with van der Waals surface area (Å²) in [6, 6.07) is 11.0. The predicted octanol–water partition coefficient (Wildman–Crippen LogP) is 4.53. The number of fused-ring (bicyclic) bond motifs is 1. The van der Waals surface area contributed by atoms with Crippen LogP contribution in [0.1, 0.15) is 71.8 Å². The van der Waals surface area contributed by atoms with Crippen molar-refractivity contribution in [1.82, 2.24) is 4.90 Å². The lowest BCUT2D eigenvalue weighted by atomic mass is 9.65. The molecule has 3 unspecified atom stereocenters. The SMILES string of the molecule is CC(C)OCCCC1(O)CCN2CC(C)(c3ccccc3)CCC2(C)C1. The van der Waals surface area contributed by atoms with E-state index in [4.69, 9.17) is 4.74 Å². The van der Waals surface area contributed by atoms with Gasteiger partial charge in [0, 0.05) is 30.7 Å². The standard InChI is InChI=1S/C23H37NO2/c1-19(2)26-16-8-11-23(25)14-15-24-18-21(3,12-13-22(24,4)17-23)20-9-6-5-7-10-20/h5-7,9-10,19,25H,8,11-18H2,1-4H3. The molecular formula is C23H37NO2. The van der Waals surface area contributed by atoms with Gasteiger partial charge >= 0.3 is 0 Å². The van der Waals surface area contributed by atoms with Crippen LogP contribution in [0.25, 0.3) is 0 Å². The maximum atomic E-state index is 11.2. The molecule has 3 atom stereocenters. The summed E-state index contributed by atoms with van der Waals surface area (Å²) < 4.78 is 5.66. The molecule has 2 saturated heterocycles. The van der Waals surface area contributed by atoms with E-state index in [9.17, 15) is 5.11 Å². The smallest absolute Gasteiger partial charge is 0.0678 e. The van der Waals surface area contributed by atoms with Gasteiger partial charge < -0.3 is 9.84 Å². The Hall–Kier alpha value is -0.900.